The third kappa shape index (κ3) is 7.25. The molecule has 1 N–H and O–H groups in total. The molecule has 1 fully saturated rings. The van der Waals surface area contributed by atoms with Crippen molar-refractivity contribution in [2.75, 3.05) is 19.6 Å². The maximum atomic E-state index is 10.8. The van der Waals surface area contributed by atoms with Crippen LogP contribution in [-0.2, 0) is 9.53 Å². The highest BCUT2D eigenvalue weighted by Gasteiger charge is 2.11. The monoisotopic (exact) mass is 259 g/mol. The molecule has 1 aliphatic rings. The maximum absolute atomic E-state index is 10.8. The molecule has 1 rings (SSSR count). The first-order valence-corrected chi connectivity index (χ1v) is 6.21. The van der Waals surface area contributed by atoms with E-state index in [0.717, 1.165) is 13.0 Å². The van der Waals surface area contributed by atoms with Gasteiger partial charge in [-0.3, -0.25) is 4.79 Å². The number of piperidine rings is 1. The molecule has 0 spiro atoms. The van der Waals surface area contributed by atoms with Crippen molar-refractivity contribution in [3.63, 3.8) is 0 Å². The predicted octanol–water partition coefficient (Wildman–Crippen LogP) is -2.60. The second-order valence-electron chi connectivity index (χ2n) is 4.31. The quantitative estimate of drug-likeness (QED) is 0.445. The van der Waals surface area contributed by atoms with E-state index in [1.165, 1.54) is 39.3 Å². The number of carbonyl (C=O) groups excluding carboxylic acids is 1. The van der Waals surface area contributed by atoms with Gasteiger partial charge in [-0.05, 0) is 31.6 Å². The van der Waals surface area contributed by atoms with Crippen molar-refractivity contribution in [1.29, 1.82) is 0 Å². The van der Waals surface area contributed by atoms with Crippen molar-refractivity contribution in [2.45, 2.75) is 45.6 Å². The lowest BCUT2D eigenvalue weighted by atomic mass is 10.1. The Balaban J connectivity index is 0.00000256. The third-order valence-corrected chi connectivity index (χ3v) is 2.84. The molecule has 0 saturated carbocycles. The number of ether oxygens (including phenoxy) is 1. The molecule has 0 aromatic carbocycles. The van der Waals surface area contributed by atoms with Crippen LogP contribution in [0.25, 0.3) is 0 Å². The molecule has 4 heteroatoms. The van der Waals surface area contributed by atoms with E-state index in [1.54, 1.807) is 4.90 Å². The fourth-order valence-corrected chi connectivity index (χ4v) is 1.93. The van der Waals surface area contributed by atoms with Crippen molar-refractivity contribution in [3.05, 3.63) is 0 Å². The van der Waals surface area contributed by atoms with Gasteiger partial charge in [0.25, 0.3) is 0 Å². The average molecular weight is 260 g/mol. The lowest BCUT2D eigenvalue weighted by molar-refractivity contribution is -0.897. The van der Waals surface area contributed by atoms with E-state index in [4.69, 9.17) is 4.74 Å². The largest absolute Gasteiger partial charge is 1.00 e. The Morgan fingerprint density at radius 1 is 1.35 bits per heavy atom. The number of rotatable bonds is 3. The van der Waals surface area contributed by atoms with Crippen LogP contribution < -0.4 is 17.3 Å². The van der Waals surface area contributed by atoms with Crippen LogP contribution in [0.2, 0.25) is 0 Å². The molecular formula is C13H22ClNO2. The van der Waals surface area contributed by atoms with Gasteiger partial charge in [0.2, 0.25) is 0 Å². The van der Waals surface area contributed by atoms with Gasteiger partial charge in [-0.25, -0.2) is 0 Å². The lowest BCUT2D eigenvalue weighted by Gasteiger charge is -2.21. The summed E-state index contributed by atoms with van der Waals surface area (Å²) in [5, 5.41) is 0. The zero-order chi connectivity index (χ0) is 11.8. The van der Waals surface area contributed by atoms with Gasteiger partial charge >= 0.3 is 5.97 Å². The van der Waals surface area contributed by atoms with Gasteiger partial charge in [-0.15, -0.1) is 0 Å². The molecule has 1 heterocycles. The van der Waals surface area contributed by atoms with Crippen LogP contribution in [0.5, 0.6) is 0 Å². The van der Waals surface area contributed by atoms with Crippen LogP contribution >= 0.6 is 0 Å². The highest BCUT2D eigenvalue weighted by molar-refractivity contribution is 5.66. The standard InChI is InChI=1S/C13H21NO2.ClH/c1-3-13(16-12(2)15)8-7-11-14-9-5-4-6-10-14;/h13H,3-6,9-11H2,1-2H3;1H. The van der Waals surface area contributed by atoms with E-state index in [-0.39, 0.29) is 24.5 Å². The average Bonchev–Trinajstić information content (AvgIpc) is 2.28. The second-order valence-corrected chi connectivity index (χ2v) is 4.31. The van der Waals surface area contributed by atoms with Gasteiger partial charge in [0.05, 0.1) is 13.1 Å². The fraction of sp³-hybridized carbons (Fsp3) is 0.769. The number of hydrogen-bond donors (Lipinski definition) is 1. The highest BCUT2D eigenvalue weighted by Crippen LogP contribution is 1.96. The van der Waals surface area contributed by atoms with E-state index in [9.17, 15) is 4.79 Å². The van der Waals surface area contributed by atoms with E-state index in [2.05, 4.69) is 11.8 Å². The first kappa shape index (κ1) is 16.3. The Bertz CT molecular complexity index is 277. The summed E-state index contributed by atoms with van der Waals surface area (Å²) in [6.45, 7) is 6.77. The molecular weight excluding hydrogens is 238 g/mol. The highest BCUT2D eigenvalue weighted by atomic mass is 35.5. The lowest BCUT2D eigenvalue weighted by Crippen LogP contribution is -3.12. The molecule has 1 saturated heterocycles. The molecule has 17 heavy (non-hydrogen) atoms. The summed E-state index contributed by atoms with van der Waals surface area (Å²) in [4.78, 5) is 12.3. The first-order chi connectivity index (χ1) is 7.72. The molecule has 1 atom stereocenters. The summed E-state index contributed by atoms with van der Waals surface area (Å²) < 4.78 is 5.07. The Morgan fingerprint density at radius 3 is 2.53 bits per heavy atom. The molecule has 0 aromatic heterocycles. The van der Waals surface area contributed by atoms with Crippen LogP contribution in [0.15, 0.2) is 0 Å². The van der Waals surface area contributed by atoms with Crippen LogP contribution in [0, 0.1) is 11.8 Å². The Hall–Kier alpha value is -0.720. The third-order valence-electron chi connectivity index (χ3n) is 2.84. The number of halogens is 1. The van der Waals surface area contributed by atoms with Crippen molar-refractivity contribution in [2.24, 2.45) is 0 Å². The molecule has 98 valence electrons. The molecule has 0 radical (unpaired) electrons. The van der Waals surface area contributed by atoms with Crippen molar-refractivity contribution in [3.8, 4) is 11.8 Å². The SMILES string of the molecule is CCC(C#CC[NH+]1CCCCC1)OC(C)=O.[Cl-]. The minimum Gasteiger partial charge on any atom is -1.00 e. The van der Waals surface area contributed by atoms with Gasteiger partial charge in [0.15, 0.2) is 6.10 Å². The van der Waals surface area contributed by atoms with Gasteiger partial charge in [-0.2, -0.15) is 0 Å². The minimum absolute atomic E-state index is 0. The molecule has 0 bridgehead atoms. The summed E-state index contributed by atoms with van der Waals surface area (Å²) in [5.74, 6) is 5.94. The second kappa shape index (κ2) is 9.32. The van der Waals surface area contributed by atoms with Crippen LogP contribution in [0.1, 0.15) is 39.5 Å². The van der Waals surface area contributed by atoms with E-state index in [1.807, 2.05) is 6.92 Å². The molecule has 1 aliphatic heterocycles. The normalized spacial score (nSPS) is 17.3. The van der Waals surface area contributed by atoms with Gasteiger partial charge in [0, 0.05) is 6.92 Å². The Morgan fingerprint density at radius 2 is 2.00 bits per heavy atom. The van der Waals surface area contributed by atoms with Gasteiger partial charge in [-0.1, -0.05) is 12.8 Å². The van der Waals surface area contributed by atoms with Gasteiger partial charge < -0.3 is 22.0 Å². The predicted molar refractivity (Wildman–Crippen MR) is 63.0 cm³/mol. The van der Waals surface area contributed by atoms with E-state index >= 15 is 0 Å². The summed E-state index contributed by atoms with van der Waals surface area (Å²) in [6, 6.07) is 0. The van der Waals surface area contributed by atoms with Crippen molar-refractivity contribution < 1.29 is 26.8 Å². The summed E-state index contributed by atoms with van der Waals surface area (Å²) in [5.41, 5.74) is 0. The zero-order valence-electron chi connectivity index (χ0n) is 10.7. The fourth-order valence-electron chi connectivity index (χ4n) is 1.93. The van der Waals surface area contributed by atoms with Crippen molar-refractivity contribution in [1.82, 2.24) is 0 Å². The molecule has 0 aliphatic carbocycles. The summed E-state index contributed by atoms with van der Waals surface area (Å²) >= 11 is 0. The van der Waals surface area contributed by atoms with Crippen molar-refractivity contribution >= 4 is 5.97 Å². The van der Waals surface area contributed by atoms with E-state index in [0.29, 0.717) is 0 Å². The van der Waals surface area contributed by atoms with Crippen LogP contribution in [0.3, 0.4) is 0 Å². The number of quaternary nitrogens is 1. The van der Waals surface area contributed by atoms with Crippen LogP contribution in [0.4, 0.5) is 0 Å². The smallest absolute Gasteiger partial charge is 0.303 e. The topological polar surface area (TPSA) is 30.7 Å². The Labute approximate surface area is 110 Å². The Kier molecular flexibility index (Phi) is 8.93. The molecule has 0 aromatic rings. The number of hydrogen-bond acceptors (Lipinski definition) is 2. The summed E-state index contributed by atoms with van der Waals surface area (Å²) in [7, 11) is 0. The number of esters is 1. The summed E-state index contributed by atoms with van der Waals surface area (Å²) in [6.07, 6.45) is 4.54. The van der Waals surface area contributed by atoms with Crippen LogP contribution in [-0.4, -0.2) is 31.7 Å². The molecule has 3 nitrogen and oxygen atoms in total. The molecule has 1 unspecified atom stereocenters. The van der Waals surface area contributed by atoms with E-state index < -0.39 is 0 Å². The number of likely N-dealkylation sites (tertiary alicyclic amines) is 1. The molecule has 0 amide bonds. The first-order valence-electron chi connectivity index (χ1n) is 6.21. The number of nitrogens with one attached hydrogen (secondary N) is 1. The maximum Gasteiger partial charge on any atom is 0.303 e. The zero-order valence-corrected chi connectivity index (χ0v) is 11.5. The number of carbonyl (C=O) groups is 1. The minimum atomic E-state index is -0.244. The van der Waals surface area contributed by atoms with Gasteiger partial charge in [0.1, 0.15) is 6.54 Å².